The van der Waals surface area contributed by atoms with Gasteiger partial charge in [0.1, 0.15) is 15.7 Å². The molecule has 5 nitrogen and oxygen atoms in total. The van der Waals surface area contributed by atoms with Gasteiger partial charge in [0.2, 0.25) is 5.13 Å². The molecule has 1 aromatic heterocycles. The van der Waals surface area contributed by atoms with E-state index in [0.29, 0.717) is 12.3 Å². The van der Waals surface area contributed by atoms with Gasteiger partial charge in [-0.25, -0.2) is 13.4 Å². The van der Waals surface area contributed by atoms with Crippen molar-refractivity contribution < 1.29 is 8.42 Å². The Labute approximate surface area is 119 Å². The van der Waals surface area contributed by atoms with Gasteiger partial charge in [0.05, 0.1) is 5.75 Å². The SMILES string of the molecule is CC(C)Cc1nsc(NC(C)(C)CCS(C)(=O)=O)n1. The van der Waals surface area contributed by atoms with Crippen LogP contribution < -0.4 is 5.32 Å². The molecule has 0 aliphatic rings. The fourth-order valence-corrected chi connectivity index (χ4v) is 3.20. The summed E-state index contributed by atoms with van der Waals surface area (Å²) in [6, 6.07) is 0. The Balaban J connectivity index is 2.59. The van der Waals surface area contributed by atoms with E-state index in [2.05, 4.69) is 28.5 Å². The van der Waals surface area contributed by atoms with Crippen LogP contribution in [0, 0.1) is 5.92 Å². The lowest BCUT2D eigenvalue weighted by molar-refractivity contribution is 0.534. The highest BCUT2D eigenvalue weighted by Crippen LogP contribution is 2.21. The number of anilines is 1. The predicted octanol–water partition coefficient (Wildman–Crippen LogP) is 2.36. The van der Waals surface area contributed by atoms with E-state index in [1.165, 1.54) is 17.8 Å². The van der Waals surface area contributed by atoms with Crippen LogP contribution >= 0.6 is 11.5 Å². The van der Waals surface area contributed by atoms with E-state index >= 15 is 0 Å². The predicted molar refractivity (Wildman–Crippen MR) is 80.5 cm³/mol. The van der Waals surface area contributed by atoms with Crippen LogP contribution in [0.15, 0.2) is 0 Å². The summed E-state index contributed by atoms with van der Waals surface area (Å²) in [4.78, 5) is 4.43. The summed E-state index contributed by atoms with van der Waals surface area (Å²) in [5.74, 6) is 1.55. The minimum Gasteiger partial charge on any atom is -0.355 e. The van der Waals surface area contributed by atoms with Crippen molar-refractivity contribution in [3.63, 3.8) is 0 Å². The Kier molecular flexibility index (Phi) is 5.32. The summed E-state index contributed by atoms with van der Waals surface area (Å²) >= 11 is 1.33. The Morgan fingerprint density at radius 1 is 1.37 bits per heavy atom. The third-order valence-corrected chi connectivity index (χ3v) is 4.22. The maximum atomic E-state index is 11.2. The number of rotatable bonds is 7. The molecule has 0 aliphatic carbocycles. The van der Waals surface area contributed by atoms with Gasteiger partial charge in [0.15, 0.2) is 0 Å². The standard InChI is InChI=1S/C12H23N3O2S2/c1-9(2)8-10-13-11(18-15-10)14-12(3,4)6-7-19(5,16)17/h9H,6-8H2,1-5H3,(H,13,14,15). The summed E-state index contributed by atoms with van der Waals surface area (Å²) in [5, 5.41) is 4.02. The number of hydrogen-bond acceptors (Lipinski definition) is 6. The van der Waals surface area contributed by atoms with Crippen LogP contribution in [0.5, 0.6) is 0 Å². The highest BCUT2D eigenvalue weighted by molar-refractivity contribution is 7.90. The first-order valence-electron chi connectivity index (χ1n) is 6.36. The van der Waals surface area contributed by atoms with Crippen molar-refractivity contribution >= 4 is 26.5 Å². The van der Waals surface area contributed by atoms with Gasteiger partial charge in [0.25, 0.3) is 0 Å². The maximum absolute atomic E-state index is 11.2. The van der Waals surface area contributed by atoms with Gasteiger partial charge in [-0.3, -0.25) is 0 Å². The van der Waals surface area contributed by atoms with Crippen LogP contribution in [0.1, 0.15) is 39.9 Å². The van der Waals surface area contributed by atoms with Crippen molar-refractivity contribution in [1.29, 1.82) is 0 Å². The van der Waals surface area contributed by atoms with Gasteiger partial charge in [0, 0.05) is 29.7 Å². The van der Waals surface area contributed by atoms with Gasteiger partial charge in [-0.15, -0.1) is 0 Å². The van der Waals surface area contributed by atoms with E-state index in [0.717, 1.165) is 17.4 Å². The van der Waals surface area contributed by atoms with Gasteiger partial charge in [-0.2, -0.15) is 4.37 Å². The number of sulfone groups is 1. The summed E-state index contributed by atoms with van der Waals surface area (Å²) in [6.45, 7) is 8.21. The van der Waals surface area contributed by atoms with Crippen LogP contribution in [-0.4, -0.2) is 35.3 Å². The van der Waals surface area contributed by atoms with Gasteiger partial charge < -0.3 is 5.32 Å². The van der Waals surface area contributed by atoms with E-state index < -0.39 is 9.84 Å². The minimum atomic E-state index is -2.93. The molecule has 0 fully saturated rings. The quantitative estimate of drug-likeness (QED) is 0.837. The summed E-state index contributed by atoms with van der Waals surface area (Å²) < 4.78 is 26.7. The van der Waals surface area contributed by atoms with Gasteiger partial charge >= 0.3 is 0 Å². The molecule has 1 rings (SSSR count). The summed E-state index contributed by atoms with van der Waals surface area (Å²) in [7, 11) is -2.93. The molecular formula is C12H23N3O2S2. The average Bonchev–Trinajstić information content (AvgIpc) is 2.60. The normalized spacial score (nSPS) is 12.9. The zero-order valence-electron chi connectivity index (χ0n) is 12.2. The van der Waals surface area contributed by atoms with Crippen molar-refractivity contribution in [2.24, 2.45) is 5.92 Å². The topological polar surface area (TPSA) is 72.0 Å². The molecule has 1 N–H and O–H groups in total. The third-order valence-electron chi connectivity index (χ3n) is 2.60. The average molecular weight is 305 g/mol. The summed E-state index contributed by atoms with van der Waals surface area (Å²) in [5.41, 5.74) is -0.308. The van der Waals surface area contributed by atoms with E-state index in [9.17, 15) is 8.42 Å². The molecule has 0 radical (unpaired) electrons. The maximum Gasteiger partial charge on any atom is 0.202 e. The van der Waals surface area contributed by atoms with E-state index in [1.54, 1.807) is 0 Å². The molecule has 0 atom stereocenters. The molecule has 1 heterocycles. The van der Waals surface area contributed by atoms with Gasteiger partial charge in [-0.1, -0.05) is 13.8 Å². The molecule has 0 aliphatic heterocycles. The van der Waals surface area contributed by atoms with Gasteiger partial charge in [-0.05, 0) is 26.2 Å². The van der Waals surface area contributed by atoms with E-state index in [4.69, 9.17) is 0 Å². The molecular weight excluding hydrogens is 282 g/mol. The molecule has 0 unspecified atom stereocenters. The first kappa shape index (κ1) is 16.4. The Bertz CT molecular complexity index is 507. The zero-order chi connectivity index (χ0) is 14.7. The molecule has 0 amide bonds. The molecule has 110 valence electrons. The first-order chi connectivity index (χ1) is 8.57. The van der Waals surface area contributed by atoms with Crippen LogP contribution in [0.4, 0.5) is 5.13 Å². The Hall–Kier alpha value is -0.690. The second-order valence-electron chi connectivity index (χ2n) is 6.00. The zero-order valence-corrected chi connectivity index (χ0v) is 13.9. The van der Waals surface area contributed by atoms with Crippen molar-refractivity contribution in [2.45, 2.75) is 46.1 Å². The van der Waals surface area contributed by atoms with Crippen LogP contribution in [-0.2, 0) is 16.3 Å². The molecule has 1 aromatic rings. The Morgan fingerprint density at radius 2 is 2.00 bits per heavy atom. The molecule has 0 saturated heterocycles. The number of hydrogen-bond donors (Lipinski definition) is 1. The largest absolute Gasteiger partial charge is 0.355 e. The monoisotopic (exact) mass is 305 g/mol. The number of nitrogens with zero attached hydrogens (tertiary/aromatic N) is 2. The van der Waals surface area contributed by atoms with E-state index in [1.807, 2.05) is 13.8 Å². The fourth-order valence-electron chi connectivity index (χ4n) is 1.55. The fraction of sp³-hybridized carbons (Fsp3) is 0.833. The van der Waals surface area contributed by atoms with Crippen LogP contribution in [0.3, 0.4) is 0 Å². The second-order valence-corrected chi connectivity index (χ2v) is 9.01. The Morgan fingerprint density at radius 3 is 2.53 bits per heavy atom. The number of nitrogens with one attached hydrogen (secondary N) is 1. The van der Waals surface area contributed by atoms with Crippen molar-refractivity contribution in [3.8, 4) is 0 Å². The highest BCUT2D eigenvalue weighted by Gasteiger charge is 2.21. The van der Waals surface area contributed by atoms with Crippen LogP contribution in [0.2, 0.25) is 0 Å². The molecule has 7 heteroatoms. The smallest absolute Gasteiger partial charge is 0.202 e. The molecule has 0 saturated carbocycles. The van der Waals surface area contributed by atoms with Crippen LogP contribution in [0.25, 0.3) is 0 Å². The van der Waals surface area contributed by atoms with Crippen molar-refractivity contribution in [3.05, 3.63) is 5.82 Å². The number of aromatic nitrogens is 2. The van der Waals surface area contributed by atoms with Crippen molar-refractivity contribution in [2.75, 3.05) is 17.3 Å². The molecule has 0 spiro atoms. The van der Waals surface area contributed by atoms with Crippen molar-refractivity contribution in [1.82, 2.24) is 9.36 Å². The minimum absolute atomic E-state index is 0.171. The first-order valence-corrected chi connectivity index (χ1v) is 9.19. The highest BCUT2D eigenvalue weighted by atomic mass is 32.2. The summed E-state index contributed by atoms with van der Waals surface area (Å²) in [6.07, 6.45) is 2.67. The lowest BCUT2D eigenvalue weighted by Gasteiger charge is -2.25. The molecule has 0 aromatic carbocycles. The van der Waals surface area contributed by atoms with E-state index in [-0.39, 0.29) is 11.3 Å². The lowest BCUT2D eigenvalue weighted by Crippen LogP contribution is -2.33. The lowest BCUT2D eigenvalue weighted by atomic mass is 10.0. The second kappa shape index (κ2) is 6.17. The molecule has 19 heavy (non-hydrogen) atoms. The third kappa shape index (κ3) is 6.87. The molecule has 0 bridgehead atoms.